The third-order valence-corrected chi connectivity index (χ3v) is 4.53. The normalized spacial score (nSPS) is 18.1. The van der Waals surface area contributed by atoms with E-state index in [9.17, 15) is 23.1 Å². The molecule has 1 amide bonds. The van der Waals surface area contributed by atoms with Crippen LogP contribution < -0.4 is 10.0 Å². The van der Waals surface area contributed by atoms with E-state index in [1.807, 2.05) is 0 Å². The van der Waals surface area contributed by atoms with Crippen molar-refractivity contribution in [2.75, 3.05) is 19.3 Å². The number of nitrogens with one attached hydrogen (secondary N) is 2. The second kappa shape index (κ2) is 7.74. The van der Waals surface area contributed by atoms with Gasteiger partial charge in [0.2, 0.25) is 15.9 Å². The molecule has 0 aromatic heterocycles. The summed E-state index contributed by atoms with van der Waals surface area (Å²) in [6.45, 7) is 0.584. The molecule has 1 saturated carbocycles. The summed E-state index contributed by atoms with van der Waals surface area (Å²) < 4.78 is 24.0. The quantitative estimate of drug-likeness (QED) is 0.563. The highest BCUT2D eigenvalue weighted by Crippen LogP contribution is 2.39. The van der Waals surface area contributed by atoms with E-state index >= 15 is 0 Å². The SMILES string of the molecule is CS(=O)(=O)NCCCNC(=O)CC1(C(=O)O)CCCCC1. The molecule has 3 N–H and O–H groups in total. The number of aliphatic carboxylic acids is 1. The Morgan fingerprint density at radius 1 is 1.14 bits per heavy atom. The van der Waals surface area contributed by atoms with Gasteiger partial charge >= 0.3 is 5.97 Å². The molecule has 1 aliphatic rings. The first-order valence-electron chi connectivity index (χ1n) is 7.20. The molecule has 0 aromatic carbocycles. The fourth-order valence-electron chi connectivity index (χ4n) is 2.64. The minimum Gasteiger partial charge on any atom is -0.481 e. The first kappa shape index (κ1) is 17.9. The van der Waals surface area contributed by atoms with Crippen LogP contribution in [-0.2, 0) is 19.6 Å². The number of sulfonamides is 1. The molecular formula is C13H24N2O5S. The molecule has 0 spiro atoms. The van der Waals surface area contributed by atoms with E-state index < -0.39 is 21.4 Å². The third kappa shape index (κ3) is 6.43. The van der Waals surface area contributed by atoms with Gasteiger partial charge in [0.15, 0.2) is 0 Å². The smallest absolute Gasteiger partial charge is 0.310 e. The fraction of sp³-hybridized carbons (Fsp3) is 0.846. The van der Waals surface area contributed by atoms with Gasteiger partial charge in [-0.1, -0.05) is 19.3 Å². The van der Waals surface area contributed by atoms with Crippen LogP contribution >= 0.6 is 0 Å². The number of carbonyl (C=O) groups is 2. The van der Waals surface area contributed by atoms with E-state index in [-0.39, 0.29) is 18.9 Å². The summed E-state index contributed by atoms with van der Waals surface area (Å²) in [4.78, 5) is 23.3. The maximum absolute atomic E-state index is 11.9. The van der Waals surface area contributed by atoms with Crippen LogP contribution in [0.1, 0.15) is 44.9 Å². The molecule has 1 aliphatic carbocycles. The second-order valence-electron chi connectivity index (χ2n) is 5.69. The van der Waals surface area contributed by atoms with Crippen LogP contribution in [0.5, 0.6) is 0 Å². The third-order valence-electron chi connectivity index (χ3n) is 3.80. The van der Waals surface area contributed by atoms with Gasteiger partial charge in [-0.15, -0.1) is 0 Å². The zero-order valence-corrected chi connectivity index (χ0v) is 13.2. The Hall–Kier alpha value is -1.15. The van der Waals surface area contributed by atoms with Gasteiger partial charge in [0.25, 0.3) is 0 Å². The van der Waals surface area contributed by atoms with Crippen molar-refractivity contribution in [2.45, 2.75) is 44.9 Å². The molecule has 0 radical (unpaired) electrons. The lowest BCUT2D eigenvalue weighted by Crippen LogP contribution is -2.39. The van der Waals surface area contributed by atoms with Gasteiger partial charge in [-0.3, -0.25) is 9.59 Å². The van der Waals surface area contributed by atoms with Crippen LogP contribution in [0.2, 0.25) is 0 Å². The Labute approximate surface area is 125 Å². The fourth-order valence-corrected chi connectivity index (χ4v) is 3.15. The molecular weight excluding hydrogens is 296 g/mol. The van der Waals surface area contributed by atoms with Gasteiger partial charge in [-0.2, -0.15) is 0 Å². The van der Waals surface area contributed by atoms with Gasteiger partial charge in [0, 0.05) is 19.5 Å². The monoisotopic (exact) mass is 320 g/mol. The first-order chi connectivity index (χ1) is 9.75. The van der Waals surface area contributed by atoms with Crippen molar-refractivity contribution in [3.8, 4) is 0 Å². The Bertz CT molecular complexity index is 469. The van der Waals surface area contributed by atoms with Crippen molar-refractivity contribution < 1.29 is 23.1 Å². The predicted molar refractivity (Wildman–Crippen MR) is 78.2 cm³/mol. The van der Waals surface area contributed by atoms with Crippen LogP contribution in [0.3, 0.4) is 0 Å². The number of hydrogen-bond acceptors (Lipinski definition) is 4. The van der Waals surface area contributed by atoms with Crippen molar-refractivity contribution in [2.24, 2.45) is 5.41 Å². The van der Waals surface area contributed by atoms with Crippen LogP contribution in [0, 0.1) is 5.41 Å². The number of rotatable bonds is 8. The molecule has 0 bridgehead atoms. The first-order valence-corrected chi connectivity index (χ1v) is 9.09. The number of carboxylic acids is 1. The summed E-state index contributed by atoms with van der Waals surface area (Å²) >= 11 is 0. The molecule has 0 aromatic rings. The standard InChI is InChI=1S/C13H24N2O5S/c1-21(19,20)15-9-5-8-14-11(16)10-13(12(17)18)6-3-2-4-7-13/h15H,2-10H2,1H3,(H,14,16)(H,17,18). The van der Waals surface area contributed by atoms with E-state index in [0.717, 1.165) is 25.5 Å². The van der Waals surface area contributed by atoms with Gasteiger partial charge in [-0.05, 0) is 19.3 Å². The Morgan fingerprint density at radius 2 is 1.76 bits per heavy atom. The molecule has 0 saturated heterocycles. The van der Waals surface area contributed by atoms with E-state index in [0.29, 0.717) is 25.8 Å². The van der Waals surface area contributed by atoms with Gasteiger partial charge in [-0.25, -0.2) is 13.1 Å². The Morgan fingerprint density at radius 3 is 2.29 bits per heavy atom. The second-order valence-corrected chi connectivity index (χ2v) is 7.53. The zero-order chi connectivity index (χ0) is 15.9. The summed E-state index contributed by atoms with van der Waals surface area (Å²) in [5.74, 6) is -1.17. The summed E-state index contributed by atoms with van der Waals surface area (Å²) in [6, 6.07) is 0. The van der Waals surface area contributed by atoms with E-state index in [1.165, 1.54) is 0 Å². The van der Waals surface area contributed by atoms with Crippen molar-refractivity contribution in [1.82, 2.24) is 10.0 Å². The molecule has 7 nitrogen and oxygen atoms in total. The molecule has 1 rings (SSSR count). The Kier molecular flexibility index (Phi) is 6.60. The summed E-state index contributed by atoms with van der Waals surface area (Å²) in [6.07, 6.45) is 5.35. The largest absolute Gasteiger partial charge is 0.481 e. The average Bonchev–Trinajstić information content (AvgIpc) is 2.37. The van der Waals surface area contributed by atoms with Gasteiger partial charge < -0.3 is 10.4 Å². The molecule has 21 heavy (non-hydrogen) atoms. The lowest BCUT2D eigenvalue weighted by molar-refractivity contribution is -0.154. The molecule has 0 aliphatic heterocycles. The zero-order valence-electron chi connectivity index (χ0n) is 12.4. The van der Waals surface area contributed by atoms with E-state index in [2.05, 4.69) is 10.0 Å². The number of carboxylic acid groups (broad SMARTS) is 1. The van der Waals surface area contributed by atoms with Gasteiger partial charge in [0.05, 0.1) is 11.7 Å². The summed E-state index contributed by atoms with van der Waals surface area (Å²) in [7, 11) is -3.21. The average molecular weight is 320 g/mol. The molecule has 0 unspecified atom stereocenters. The molecule has 0 atom stereocenters. The molecule has 1 fully saturated rings. The van der Waals surface area contributed by atoms with Crippen LogP contribution in [0.15, 0.2) is 0 Å². The minimum atomic E-state index is -3.21. The van der Waals surface area contributed by atoms with Gasteiger partial charge in [0.1, 0.15) is 0 Å². The summed E-state index contributed by atoms with van der Waals surface area (Å²) in [5.41, 5.74) is -0.923. The molecule has 8 heteroatoms. The lowest BCUT2D eigenvalue weighted by atomic mass is 9.71. The summed E-state index contributed by atoms with van der Waals surface area (Å²) in [5, 5.41) is 12.0. The predicted octanol–water partition coefficient (Wildman–Crippen LogP) is 0.467. The van der Waals surface area contributed by atoms with Crippen molar-refractivity contribution >= 4 is 21.9 Å². The van der Waals surface area contributed by atoms with E-state index in [4.69, 9.17) is 0 Å². The Balaban J connectivity index is 2.33. The highest BCUT2D eigenvalue weighted by atomic mass is 32.2. The molecule has 0 heterocycles. The minimum absolute atomic E-state index is 0.00182. The highest BCUT2D eigenvalue weighted by Gasteiger charge is 2.41. The van der Waals surface area contributed by atoms with Crippen LogP contribution in [-0.4, -0.2) is 44.7 Å². The number of hydrogen-bond donors (Lipinski definition) is 3. The van der Waals surface area contributed by atoms with Crippen molar-refractivity contribution in [1.29, 1.82) is 0 Å². The number of carbonyl (C=O) groups excluding carboxylic acids is 1. The van der Waals surface area contributed by atoms with Crippen molar-refractivity contribution in [3.05, 3.63) is 0 Å². The van der Waals surface area contributed by atoms with Crippen LogP contribution in [0.4, 0.5) is 0 Å². The maximum atomic E-state index is 11.9. The van der Waals surface area contributed by atoms with E-state index in [1.54, 1.807) is 0 Å². The highest BCUT2D eigenvalue weighted by molar-refractivity contribution is 7.88. The molecule has 122 valence electrons. The lowest BCUT2D eigenvalue weighted by Gasteiger charge is -2.32. The maximum Gasteiger partial charge on any atom is 0.310 e. The number of amides is 1. The van der Waals surface area contributed by atoms with Crippen molar-refractivity contribution in [3.63, 3.8) is 0 Å². The topological polar surface area (TPSA) is 113 Å². The van der Waals surface area contributed by atoms with Crippen LogP contribution in [0.25, 0.3) is 0 Å².